The number of rotatable bonds is 5. The number of nitrogens with one attached hydrogen (secondary N) is 3. The third-order valence-corrected chi connectivity index (χ3v) is 6.42. The molecule has 0 saturated carbocycles. The van der Waals surface area contributed by atoms with Gasteiger partial charge >= 0.3 is 0 Å². The van der Waals surface area contributed by atoms with Crippen LogP contribution in [0.5, 0.6) is 0 Å². The van der Waals surface area contributed by atoms with Crippen LogP contribution in [-0.2, 0) is 4.79 Å². The molecule has 3 heterocycles. The summed E-state index contributed by atoms with van der Waals surface area (Å²) < 4.78 is 14.2. The molecule has 1 aromatic heterocycles. The van der Waals surface area contributed by atoms with Crippen LogP contribution in [0, 0.1) is 12.7 Å². The Balaban J connectivity index is 1.62. The fraction of sp³-hybridized carbons (Fsp3) is 0.308. The summed E-state index contributed by atoms with van der Waals surface area (Å²) in [6, 6.07) is 12.2. The second-order valence-electron chi connectivity index (χ2n) is 8.67. The molecule has 170 valence electrons. The average molecular weight is 446 g/mol. The van der Waals surface area contributed by atoms with E-state index in [9.17, 15) is 9.18 Å². The number of likely N-dealkylation sites (tertiary alicyclic amines) is 1. The lowest BCUT2D eigenvalue weighted by atomic mass is 9.94. The van der Waals surface area contributed by atoms with Crippen LogP contribution >= 0.6 is 0 Å². The summed E-state index contributed by atoms with van der Waals surface area (Å²) in [4.78, 5) is 23.3. The minimum atomic E-state index is -0.361. The number of hydrogen-bond acceptors (Lipinski definition) is 4. The maximum atomic E-state index is 14.2. The summed E-state index contributed by atoms with van der Waals surface area (Å²) in [5.41, 5.74) is 5.04. The van der Waals surface area contributed by atoms with Crippen molar-refractivity contribution in [1.29, 1.82) is 0 Å². The maximum Gasteiger partial charge on any atom is 0.257 e. The van der Waals surface area contributed by atoms with Crippen LogP contribution in [0.4, 0.5) is 15.8 Å². The molecule has 0 bridgehead atoms. The molecule has 1 amide bonds. The van der Waals surface area contributed by atoms with Gasteiger partial charge in [-0.05, 0) is 68.6 Å². The van der Waals surface area contributed by atoms with Crippen molar-refractivity contribution in [3.05, 3.63) is 77.1 Å². The molecule has 1 atom stereocenters. The van der Waals surface area contributed by atoms with Crippen molar-refractivity contribution in [3.8, 4) is 0 Å². The third kappa shape index (κ3) is 4.16. The number of amides is 1. The van der Waals surface area contributed by atoms with E-state index < -0.39 is 0 Å². The van der Waals surface area contributed by atoms with Crippen molar-refractivity contribution in [2.75, 3.05) is 23.7 Å². The van der Waals surface area contributed by atoms with Crippen LogP contribution in [-0.4, -0.2) is 40.0 Å². The monoisotopic (exact) mass is 445 g/mol. The van der Waals surface area contributed by atoms with Gasteiger partial charge in [0.25, 0.3) is 5.91 Å². The number of H-pyrrole nitrogens is 1. The number of imidazole rings is 1. The van der Waals surface area contributed by atoms with Gasteiger partial charge < -0.3 is 15.6 Å². The van der Waals surface area contributed by atoms with Gasteiger partial charge in [0.2, 0.25) is 0 Å². The molecule has 3 N–H and O–H groups in total. The Labute approximate surface area is 192 Å². The van der Waals surface area contributed by atoms with E-state index in [1.807, 2.05) is 25.1 Å². The Morgan fingerprint density at radius 3 is 2.88 bits per heavy atom. The number of aryl methyl sites for hydroxylation is 1. The molecule has 1 fully saturated rings. The standard InChI is InChI=1S/C26H28FN5O/c1-3-32-12-5-4-9-22(32)30-19-10-11-21-20(14-19)24(26(33)31-21)23(25-28-15-16(2)29-25)17-7-6-8-18(27)13-17/h6-8,10-11,13-15,22,30H,3-5,9,12H2,1-2H3,(H,28,29)(H,31,33). The number of piperidine rings is 1. The van der Waals surface area contributed by atoms with Gasteiger partial charge in [0.15, 0.2) is 0 Å². The topological polar surface area (TPSA) is 73.0 Å². The molecule has 2 aliphatic rings. The zero-order chi connectivity index (χ0) is 22.9. The summed E-state index contributed by atoms with van der Waals surface area (Å²) in [5, 5.41) is 6.63. The first-order chi connectivity index (χ1) is 16.0. The second kappa shape index (κ2) is 8.83. The molecule has 0 radical (unpaired) electrons. The number of aromatic nitrogens is 2. The van der Waals surface area contributed by atoms with Crippen molar-refractivity contribution in [2.45, 2.75) is 39.3 Å². The van der Waals surface area contributed by atoms with E-state index in [0.717, 1.165) is 42.1 Å². The number of aromatic amines is 1. The van der Waals surface area contributed by atoms with Crippen molar-refractivity contribution < 1.29 is 9.18 Å². The third-order valence-electron chi connectivity index (χ3n) is 6.42. The molecule has 5 rings (SSSR count). The van der Waals surface area contributed by atoms with Crippen molar-refractivity contribution >= 4 is 28.4 Å². The zero-order valence-electron chi connectivity index (χ0n) is 18.9. The number of halogens is 1. The van der Waals surface area contributed by atoms with E-state index in [0.29, 0.717) is 22.5 Å². The van der Waals surface area contributed by atoms with Gasteiger partial charge in [0.1, 0.15) is 11.6 Å². The van der Waals surface area contributed by atoms with Crippen LogP contribution in [0.1, 0.15) is 48.8 Å². The van der Waals surface area contributed by atoms with Crippen molar-refractivity contribution in [1.82, 2.24) is 14.9 Å². The quantitative estimate of drug-likeness (QED) is 0.483. The first kappa shape index (κ1) is 21.4. The van der Waals surface area contributed by atoms with Crippen LogP contribution in [0.3, 0.4) is 0 Å². The average Bonchev–Trinajstić information content (AvgIpc) is 3.37. The minimum absolute atomic E-state index is 0.219. The Hall–Kier alpha value is -3.45. The Kier molecular flexibility index (Phi) is 5.72. The highest BCUT2D eigenvalue weighted by Crippen LogP contribution is 2.40. The summed E-state index contributed by atoms with van der Waals surface area (Å²) in [6.07, 6.45) is 5.50. The first-order valence-corrected chi connectivity index (χ1v) is 11.5. The van der Waals surface area contributed by atoms with E-state index in [4.69, 9.17) is 0 Å². The molecule has 6 nitrogen and oxygen atoms in total. The number of carbonyl (C=O) groups is 1. The number of hydrogen-bond donors (Lipinski definition) is 3. The highest BCUT2D eigenvalue weighted by Gasteiger charge is 2.31. The molecule has 0 aliphatic carbocycles. The summed E-state index contributed by atoms with van der Waals surface area (Å²) in [6.45, 7) is 6.17. The fourth-order valence-electron chi connectivity index (χ4n) is 4.81. The van der Waals surface area contributed by atoms with E-state index in [2.05, 4.69) is 32.4 Å². The van der Waals surface area contributed by atoms with Crippen molar-refractivity contribution in [2.24, 2.45) is 0 Å². The lowest BCUT2D eigenvalue weighted by Crippen LogP contribution is -2.44. The predicted molar refractivity (Wildman–Crippen MR) is 129 cm³/mol. The molecule has 33 heavy (non-hydrogen) atoms. The molecule has 0 spiro atoms. The SMILES string of the molecule is CCN1CCCCC1Nc1ccc2c(c1)C(=C(c1cccc(F)c1)c1ncc(C)[nH]1)C(=O)N2. The molecular weight excluding hydrogens is 417 g/mol. The predicted octanol–water partition coefficient (Wildman–Crippen LogP) is 5.01. The second-order valence-corrected chi connectivity index (χ2v) is 8.67. The van der Waals surface area contributed by atoms with Gasteiger partial charge in [-0.1, -0.05) is 19.1 Å². The normalized spacial score (nSPS) is 19.8. The highest BCUT2D eigenvalue weighted by molar-refractivity contribution is 6.38. The molecule has 2 aliphatic heterocycles. The fourth-order valence-corrected chi connectivity index (χ4v) is 4.81. The molecule has 7 heteroatoms. The van der Waals surface area contributed by atoms with Gasteiger partial charge in [0.05, 0.1) is 11.7 Å². The molecule has 1 saturated heterocycles. The molecule has 1 unspecified atom stereocenters. The first-order valence-electron chi connectivity index (χ1n) is 11.5. The van der Waals surface area contributed by atoms with E-state index >= 15 is 0 Å². The molecule has 2 aromatic carbocycles. The molecule has 3 aromatic rings. The summed E-state index contributed by atoms with van der Waals surface area (Å²) >= 11 is 0. The smallest absolute Gasteiger partial charge is 0.257 e. The Bertz CT molecular complexity index is 1230. The Morgan fingerprint density at radius 1 is 1.24 bits per heavy atom. The van der Waals surface area contributed by atoms with Gasteiger partial charge in [-0.2, -0.15) is 0 Å². The van der Waals surface area contributed by atoms with E-state index in [1.54, 1.807) is 18.3 Å². The largest absolute Gasteiger partial charge is 0.370 e. The number of benzene rings is 2. The van der Waals surface area contributed by atoms with Crippen LogP contribution in [0.15, 0.2) is 48.7 Å². The van der Waals surface area contributed by atoms with Gasteiger partial charge in [-0.25, -0.2) is 9.37 Å². The van der Waals surface area contributed by atoms with Crippen molar-refractivity contribution in [3.63, 3.8) is 0 Å². The lowest BCUT2D eigenvalue weighted by Gasteiger charge is -2.36. The summed E-state index contributed by atoms with van der Waals surface area (Å²) in [7, 11) is 0. The number of fused-ring (bicyclic) bond motifs is 1. The van der Waals surface area contributed by atoms with E-state index in [1.165, 1.54) is 25.0 Å². The van der Waals surface area contributed by atoms with Gasteiger partial charge in [-0.3, -0.25) is 9.69 Å². The van der Waals surface area contributed by atoms with Crippen LogP contribution in [0.25, 0.3) is 11.1 Å². The Morgan fingerprint density at radius 2 is 2.12 bits per heavy atom. The minimum Gasteiger partial charge on any atom is -0.370 e. The van der Waals surface area contributed by atoms with Crippen LogP contribution < -0.4 is 10.6 Å². The number of nitrogens with zero attached hydrogens (tertiary/aromatic N) is 2. The highest BCUT2D eigenvalue weighted by atomic mass is 19.1. The van der Waals surface area contributed by atoms with E-state index in [-0.39, 0.29) is 17.9 Å². The summed E-state index contributed by atoms with van der Waals surface area (Å²) in [5.74, 6) is -0.0397. The molecular formula is C26H28FN5O. The number of carbonyl (C=O) groups excluding carboxylic acids is 1. The lowest BCUT2D eigenvalue weighted by molar-refractivity contribution is -0.110. The number of anilines is 2. The maximum absolute atomic E-state index is 14.2. The van der Waals surface area contributed by atoms with Crippen LogP contribution in [0.2, 0.25) is 0 Å². The van der Waals surface area contributed by atoms with Gasteiger partial charge in [-0.15, -0.1) is 0 Å². The zero-order valence-corrected chi connectivity index (χ0v) is 18.9. The van der Waals surface area contributed by atoms with Gasteiger partial charge in [0, 0.05) is 40.9 Å².